The van der Waals surface area contributed by atoms with Gasteiger partial charge in [-0.05, 0) is 0 Å². The second-order valence-corrected chi connectivity index (χ2v) is 7.23. The number of carbonyl (C=O) groups excluding carboxylic acids is 1. The molecular weight excluding hydrogens is 601 g/mol. The maximum atomic E-state index is 13.1. The Morgan fingerprint density at radius 2 is 0.829 bits per heavy atom. The Labute approximate surface area is 191 Å². The lowest BCUT2D eigenvalue weighted by molar-refractivity contribution is -0.461. The molecule has 0 atom stereocenters. The molecule has 22 heteroatoms. The molecule has 0 aliphatic heterocycles. The van der Waals surface area contributed by atoms with Gasteiger partial charge in [-0.25, -0.2) is 4.79 Å². The number of carbonyl (C=O) groups is 1. The zero-order chi connectivity index (χ0) is 29.5. The zero-order valence-electron chi connectivity index (χ0n) is 16.1. The standard InChI is InChI=1S/C10H5F17.C3H3Cl2FO2/c1-2-3(11,12)4(13,14)5(15,16)6(17,18)7(19,20)8(21,22)9(23,24)10(25,26)27;1-8-2(7)3(4,5)6/h2H2,1H3;1H3. The molecule has 0 saturated carbocycles. The summed E-state index contributed by atoms with van der Waals surface area (Å²) >= 11 is 9.22. The van der Waals surface area contributed by atoms with Gasteiger partial charge in [-0.2, -0.15) is 79.0 Å². The molecule has 0 aromatic heterocycles. The van der Waals surface area contributed by atoms with Crippen molar-refractivity contribution in [3.8, 4) is 0 Å². The fraction of sp³-hybridized carbons (Fsp3) is 0.923. The Balaban J connectivity index is 0. The Morgan fingerprint density at radius 3 is 1.00 bits per heavy atom. The minimum Gasteiger partial charge on any atom is -0.465 e. The van der Waals surface area contributed by atoms with Crippen molar-refractivity contribution in [3.63, 3.8) is 0 Å². The minimum atomic E-state index is -8.56. The predicted octanol–water partition coefficient (Wildman–Crippen LogP) is 7.67. The highest BCUT2D eigenvalue weighted by molar-refractivity contribution is 6.56. The molecule has 0 radical (unpaired) electrons. The molecule has 0 amide bonds. The Kier molecular flexibility index (Phi) is 10.2. The molecule has 0 fully saturated rings. The van der Waals surface area contributed by atoms with E-state index in [4.69, 9.17) is 0 Å². The van der Waals surface area contributed by atoms with Crippen LogP contribution in [-0.4, -0.2) is 65.3 Å². The molecule has 2 nitrogen and oxygen atoms in total. The van der Waals surface area contributed by atoms with Crippen molar-refractivity contribution in [3.05, 3.63) is 0 Å². The number of hydrogen-bond acceptors (Lipinski definition) is 2. The van der Waals surface area contributed by atoms with Gasteiger partial charge in [0.05, 0.1) is 7.11 Å². The SMILES string of the molecule is CCC(F)(F)C(F)(F)C(F)(F)C(F)(F)C(F)(F)C(F)(F)C(F)(F)C(F)(F)F.COC(=O)C(F)(Cl)Cl. The molecule has 0 rings (SSSR count). The smallest absolute Gasteiger partial charge is 0.460 e. The molecule has 35 heavy (non-hydrogen) atoms. The summed E-state index contributed by atoms with van der Waals surface area (Å²) < 4.78 is 228. The van der Waals surface area contributed by atoms with Crippen molar-refractivity contribution in [2.45, 2.75) is 65.6 Å². The summed E-state index contributed by atoms with van der Waals surface area (Å²) in [7, 11) is 0.988. The van der Waals surface area contributed by atoms with Crippen molar-refractivity contribution in [1.29, 1.82) is 0 Å². The first-order chi connectivity index (χ1) is 14.8. The topological polar surface area (TPSA) is 26.3 Å². The van der Waals surface area contributed by atoms with Crippen LogP contribution in [-0.2, 0) is 9.53 Å². The van der Waals surface area contributed by atoms with Gasteiger partial charge < -0.3 is 4.74 Å². The third-order valence-electron chi connectivity index (χ3n) is 3.65. The van der Waals surface area contributed by atoms with E-state index in [1.165, 1.54) is 0 Å². The Bertz CT molecular complexity index is 740. The molecule has 0 unspecified atom stereocenters. The molecule has 0 saturated heterocycles. The van der Waals surface area contributed by atoms with E-state index in [2.05, 4.69) is 27.9 Å². The molecule has 0 aromatic carbocycles. The zero-order valence-corrected chi connectivity index (χ0v) is 17.6. The predicted molar refractivity (Wildman–Crippen MR) is 78.5 cm³/mol. The van der Waals surface area contributed by atoms with Gasteiger partial charge in [0.2, 0.25) is 0 Å². The summed E-state index contributed by atoms with van der Waals surface area (Å²) in [5.74, 6) is -56.9. The maximum absolute atomic E-state index is 13.1. The lowest BCUT2D eigenvalue weighted by Crippen LogP contribution is -2.74. The average molecular weight is 609 g/mol. The van der Waals surface area contributed by atoms with Gasteiger partial charge in [-0.1, -0.05) is 30.1 Å². The number of rotatable bonds is 8. The monoisotopic (exact) mass is 608 g/mol. The molecule has 0 aromatic rings. The molecule has 0 aliphatic carbocycles. The highest BCUT2D eigenvalue weighted by atomic mass is 35.5. The van der Waals surface area contributed by atoms with Crippen molar-refractivity contribution < 1.29 is 88.6 Å². The van der Waals surface area contributed by atoms with E-state index in [-0.39, 0.29) is 6.92 Å². The van der Waals surface area contributed by atoms with Crippen LogP contribution in [0.25, 0.3) is 0 Å². The third-order valence-corrected chi connectivity index (χ3v) is 3.96. The van der Waals surface area contributed by atoms with Crippen LogP contribution in [0.5, 0.6) is 0 Å². The molecule has 0 bridgehead atoms. The maximum Gasteiger partial charge on any atom is 0.460 e. The lowest BCUT2D eigenvalue weighted by atomic mass is 9.88. The van der Waals surface area contributed by atoms with Crippen LogP contribution in [0.3, 0.4) is 0 Å². The van der Waals surface area contributed by atoms with E-state index in [1.807, 2.05) is 0 Å². The summed E-state index contributed by atoms with van der Waals surface area (Å²) in [4.78, 5) is 9.97. The van der Waals surface area contributed by atoms with Gasteiger partial charge in [0, 0.05) is 6.42 Å². The normalized spacial score (nSPS) is 15.4. The van der Waals surface area contributed by atoms with Gasteiger partial charge >= 0.3 is 58.2 Å². The van der Waals surface area contributed by atoms with Crippen LogP contribution in [0, 0.1) is 0 Å². The van der Waals surface area contributed by atoms with Gasteiger partial charge in [-0.15, -0.1) is 0 Å². The molecule has 0 spiro atoms. The number of methoxy groups -OCH3 is 1. The number of alkyl halides is 20. The van der Waals surface area contributed by atoms with Crippen LogP contribution in [0.15, 0.2) is 0 Å². The van der Waals surface area contributed by atoms with E-state index in [9.17, 15) is 83.8 Å². The summed E-state index contributed by atoms with van der Waals surface area (Å²) in [6.07, 6.45) is -10.2. The first-order valence-corrected chi connectivity index (χ1v) is 8.41. The average Bonchev–Trinajstić information content (AvgIpc) is 2.64. The molecule has 212 valence electrons. The quantitative estimate of drug-likeness (QED) is 0.161. The van der Waals surface area contributed by atoms with Crippen molar-refractivity contribution in [2.24, 2.45) is 0 Å². The fourth-order valence-corrected chi connectivity index (χ4v) is 1.69. The van der Waals surface area contributed by atoms with E-state index in [0.29, 0.717) is 0 Å². The van der Waals surface area contributed by atoms with E-state index in [1.54, 1.807) is 0 Å². The van der Waals surface area contributed by atoms with Crippen molar-refractivity contribution in [1.82, 2.24) is 0 Å². The molecule has 0 aliphatic rings. The van der Waals surface area contributed by atoms with Crippen LogP contribution in [0.4, 0.5) is 79.0 Å². The third kappa shape index (κ3) is 5.87. The van der Waals surface area contributed by atoms with Crippen LogP contribution in [0.1, 0.15) is 13.3 Å². The van der Waals surface area contributed by atoms with Gasteiger partial charge in [-0.3, -0.25) is 0 Å². The van der Waals surface area contributed by atoms with Crippen LogP contribution >= 0.6 is 23.2 Å². The van der Waals surface area contributed by atoms with Gasteiger partial charge in [0.25, 0.3) is 0 Å². The summed E-state index contributed by atoms with van der Waals surface area (Å²) in [6.45, 7) is -0.0628. The first kappa shape index (κ1) is 35.9. The molecular formula is C13H8Cl2F18O2. The molecule has 0 heterocycles. The number of ether oxygens (including phenoxy) is 1. The van der Waals surface area contributed by atoms with E-state index >= 15 is 0 Å². The van der Waals surface area contributed by atoms with Crippen molar-refractivity contribution in [2.75, 3.05) is 7.11 Å². The van der Waals surface area contributed by atoms with Crippen LogP contribution in [0.2, 0.25) is 0 Å². The first-order valence-electron chi connectivity index (χ1n) is 7.66. The number of halogens is 20. The number of hydrogen-bond donors (Lipinski definition) is 0. The van der Waals surface area contributed by atoms with Gasteiger partial charge in [0.15, 0.2) is 0 Å². The van der Waals surface area contributed by atoms with E-state index < -0.39 is 64.6 Å². The van der Waals surface area contributed by atoms with Crippen molar-refractivity contribution >= 4 is 29.2 Å². The lowest BCUT2D eigenvalue weighted by Gasteiger charge is -2.42. The minimum absolute atomic E-state index is 0.0628. The number of esters is 1. The van der Waals surface area contributed by atoms with Gasteiger partial charge in [0.1, 0.15) is 0 Å². The Hall–Kier alpha value is -1.21. The summed E-state index contributed by atoms with van der Waals surface area (Å²) in [5.41, 5.74) is 0. The Morgan fingerprint density at radius 1 is 0.571 bits per heavy atom. The fourth-order valence-electron chi connectivity index (χ4n) is 1.53. The van der Waals surface area contributed by atoms with Crippen LogP contribution < -0.4 is 0 Å². The van der Waals surface area contributed by atoms with E-state index in [0.717, 1.165) is 7.11 Å². The highest BCUT2D eigenvalue weighted by Crippen LogP contribution is 2.64. The summed E-state index contributed by atoms with van der Waals surface area (Å²) in [5, 5.41) is 0. The second-order valence-electron chi connectivity index (χ2n) is 5.99. The summed E-state index contributed by atoms with van der Waals surface area (Å²) in [6, 6.07) is 0. The molecule has 0 N–H and O–H groups in total. The largest absolute Gasteiger partial charge is 0.465 e. The second kappa shape index (κ2) is 9.92. The highest BCUT2D eigenvalue weighted by Gasteiger charge is 2.95.